The lowest BCUT2D eigenvalue weighted by Gasteiger charge is -2.35. The molecule has 4 nitrogen and oxygen atoms in total. The smallest absolute Gasteiger partial charge is 0.375 e. The second kappa shape index (κ2) is 7.79. The molecule has 1 heterocycles. The molecule has 132 valence electrons. The molecule has 0 aromatic heterocycles. The average molecular weight is 340 g/mol. The highest BCUT2D eigenvalue weighted by atomic mass is 16.6. The summed E-state index contributed by atoms with van der Waals surface area (Å²) in [5.74, 6) is -0.797. The highest BCUT2D eigenvalue weighted by Crippen LogP contribution is 2.34. The summed E-state index contributed by atoms with van der Waals surface area (Å²) in [5.41, 5.74) is 0.314. The predicted molar refractivity (Wildman–Crippen MR) is 95.7 cm³/mol. The molecule has 25 heavy (non-hydrogen) atoms. The zero-order valence-corrected chi connectivity index (χ0v) is 14.7. The van der Waals surface area contributed by atoms with Gasteiger partial charge in [-0.1, -0.05) is 61.6 Å². The maximum Gasteiger partial charge on any atom is 0.375 e. The molecule has 2 atom stereocenters. The van der Waals surface area contributed by atoms with Crippen molar-refractivity contribution >= 4 is 11.8 Å². The van der Waals surface area contributed by atoms with E-state index in [1.807, 2.05) is 48.6 Å². The summed E-state index contributed by atoms with van der Waals surface area (Å²) in [5, 5.41) is 2.22. The number of carbonyl (C=O) groups excluding carboxylic acids is 2. The van der Waals surface area contributed by atoms with Crippen molar-refractivity contribution in [1.29, 1.82) is 0 Å². The number of rotatable bonds is 5. The molecule has 2 unspecified atom stereocenters. The van der Waals surface area contributed by atoms with Crippen LogP contribution in [0.2, 0.25) is 0 Å². The number of benzene rings is 1. The fourth-order valence-electron chi connectivity index (χ4n) is 3.68. The van der Waals surface area contributed by atoms with Crippen LogP contribution < -0.4 is 5.32 Å². The molecule has 1 aromatic carbocycles. The fraction of sp³-hybridized carbons (Fsp3) is 0.429. The molecule has 0 bridgehead atoms. The molecular weight excluding hydrogens is 314 g/mol. The topological polar surface area (TPSA) is 60.0 Å². The van der Waals surface area contributed by atoms with E-state index in [-0.39, 0.29) is 18.3 Å². The zero-order valence-electron chi connectivity index (χ0n) is 14.7. The Balaban J connectivity index is 1.71. The molecule has 1 aromatic rings. The number of esters is 1. The molecule has 1 saturated heterocycles. The molecular formula is C21H26NO3+. The first kappa shape index (κ1) is 17.6. The molecule has 3 rings (SSSR count). The Morgan fingerprint density at radius 2 is 1.80 bits per heavy atom. The van der Waals surface area contributed by atoms with Gasteiger partial charge in [-0.25, -0.2) is 4.79 Å². The lowest BCUT2D eigenvalue weighted by atomic mass is 9.84. The summed E-state index contributed by atoms with van der Waals surface area (Å²) in [6, 6.07) is 9.82. The van der Waals surface area contributed by atoms with E-state index in [0.717, 1.165) is 31.5 Å². The van der Waals surface area contributed by atoms with Crippen molar-refractivity contribution in [2.45, 2.75) is 31.8 Å². The standard InChI is InChI=1S/C21H25NO3/c1-16-7-5-6-8-17(16)15-19(23)20(24)25-21(11-13-22-14-12-21)18-9-3-2-4-10-18/h2-10,16-17,22H,11-15H2,1H3/p+1. The van der Waals surface area contributed by atoms with Crippen LogP contribution in [0.25, 0.3) is 0 Å². The van der Waals surface area contributed by atoms with Gasteiger partial charge in [-0.15, -0.1) is 0 Å². The third-order valence-electron chi connectivity index (χ3n) is 5.30. The minimum Gasteiger partial charge on any atom is -0.448 e. The number of nitrogens with two attached hydrogens (primary N) is 1. The average Bonchev–Trinajstić information content (AvgIpc) is 2.65. The van der Waals surface area contributed by atoms with Gasteiger partial charge in [-0.2, -0.15) is 0 Å². The summed E-state index contributed by atoms with van der Waals surface area (Å²) in [6.45, 7) is 3.85. The predicted octanol–water partition coefficient (Wildman–Crippen LogP) is 2.12. The first-order valence-electron chi connectivity index (χ1n) is 9.09. The SMILES string of the molecule is CC1C=CC=CC1CC(=O)C(=O)OC1(c2ccccc2)CC[NH2+]CC1. The Morgan fingerprint density at radius 3 is 2.48 bits per heavy atom. The molecule has 1 aliphatic heterocycles. The highest BCUT2D eigenvalue weighted by Gasteiger charge is 2.41. The van der Waals surface area contributed by atoms with Gasteiger partial charge in [0.15, 0.2) is 0 Å². The third kappa shape index (κ3) is 4.07. The number of piperidine rings is 1. The van der Waals surface area contributed by atoms with E-state index in [4.69, 9.17) is 4.74 Å². The van der Waals surface area contributed by atoms with Gasteiger partial charge in [0, 0.05) is 19.3 Å². The van der Waals surface area contributed by atoms with Crippen molar-refractivity contribution in [1.82, 2.24) is 0 Å². The number of Topliss-reactive ketones (excluding diaryl/α,β-unsaturated/α-hetero) is 1. The molecule has 2 N–H and O–H groups in total. The largest absolute Gasteiger partial charge is 0.448 e. The van der Waals surface area contributed by atoms with Crippen LogP contribution in [-0.2, 0) is 19.9 Å². The molecule has 4 heteroatoms. The summed E-state index contributed by atoms with van der Waals surface area (Å²) < 4.78 is 5.85. The van der Waals surface area contributed by atoms with Gasteiger partial charge in [0.05, 0.1) is 13.1 Å². The van der Waals surface area contributed by atoms with Crippen molar-refractivity contribution < 1.29 is 19.6 Å². The molecule has 0 saturated carbocycles. The Morgan fingerprint density at radius 1 is 1.12 bits per heavy atom. The van der Waals surface area contributed by atoms with Crippen molar-refractivity contribution in [2.24, 2.45) is 11.8 Å². The summed E-state index contributed by atoms with van der Waals surface area (Å²) in [4.78, 5) is 25.0. The van der Waals surface area contributed by atoms with Crippen LogP contribution in [0.1, 0.15) is 31.7 Å². The van der Waals surface area contributed by atoms with Crippen LogP contribution in [0, 0.1) is 11.8 Å². The second-order valence-corrected chi connectivity index (χ2v) is 7.04. The Hall–Kier alpha value is -2.20. The number of quaternary nitrogens is 1. The van der Waals surface area contributed by atoms with E-state index in [0.29, 0.717) is 0 Å². The Kier molecular flexibility index (Phi) is 5.49. The van der Waals surface area contributed by atoms with Gasteiger partial charge >= 0.3 is 5.97 Å². The number of ketones is 1. The summed E-state index contributed by atoms with van der Waals surface area (Å²) >= 11 is 0. The minimum absolute atomic E-state index is 0.0671. The number of hydrogen-bond donors (Lipinski definition) is 1. The van der Waals surface area contributed by atoms with E-state index < -0.39 is 17.4 Å². The molecule has 1 fully saturated rings. The van der Waals surface area contributed by atoms with E-state index in [9.17, 15) is 9.59 Å². The van der Waals surface area contributed by atoms with Crippen LogP contribution in [0.5, 0.6) is 0 Å². The van der Waals surface area contributed by atoms with Gasteiger partial charge in [-0.3, -0.25) is 4.79 Å². The summed E-state index contributed by atoms with van der Waals surface area (Å²) in [7, 11) is 0. The number of ether oxygens (including phenoxy) is 1. The van der Waals surface area contributed by atoms with Gasteiger partial charge < -0.3 is 10.1 Å². The highest BCUT2D eigenvalue weighted by molar-refractivity contribution is 6.33. The summed E-state index contributed by atoms with van der Waals surface area (Å²) in [6.07, 6.45) is 9.65. The molecule has 1 aliphatic carbocycles. The first-order chi connectivity index (χ1) is 12.1. The minimum atomic E-state index is -0.694. The first-order valence-corrected chi connectivity index (χ1v) is 9.09. The fourth-order valence-corrected chi connectivity index (χ4v) is 3.68. The monoisotopic (exact) mass is 340 g/mol. The van der Waals surface area contributed by atoms with Gasteiger partial charge in [0.1, 0.15) is 5.60 Å². The molecule has 0 radical (unpaired) electrons. The van der Waals surface area contributed by atoms with Crippen LogP contribution in [0.15, 0.2) is 54.6 Å². The maximum atomic E-state index is 12.5. The van der Waals surface area contributed by atoms with E-state index in [1.165, 1.54) is 0 Å². The Labute approximate surface area is 149 Å². The van der Waals surface area contributed by atoms with Crippen LogP contribution in [0.3, 0.4) is 0 Å². The number of allylic oxidation sites excluding steroid dienone is 4. The van der Waals surface area contributed by atoms with Gasteiger partial charge in [-0.05, 0) is 17.4 Å². The van der Waals surface area contributed by atoms with E-state index in [1.54, 1.807) is 0 Å². The molecule has 0 amide bonds. The van der Waals surface area contributed by atoms with Crippen molar-refractivity contribution in [3.05, 3.63) is 60.2 Å². The van der Waals surface area contributed by atoms with Crippen LogP contribution in [0.4, 0.5) is 0 Å². The normalized spacial score (nSPS) is 24.7. The molecule has 0 spiro atoms. The maximum absolute atomic E-state index is 12.5. The quantitative estimate of drug-likeness (QED) is 0.660. The van der Waals surface area contributed by atoms with Gasteiger partial charge in [0.2, 0.25) is 5.78 Å². The van der Waals surface area contributed by atoms with Crippen molar-refractivity contribution in [3.8, 4) is 0 Å². The number of carbonyl (C=O) groups is 2. The van der Waals surface area contributed by atoms with E-state index in [2.05, 4.69) is 18.3 Å². The third-order valence-corrected chi connectivity index (χ3v) is 5.30. The lowest BCUT2D eigenvalue weighted by molar-refractivity contribution is -0.668. The van der Waals surface area contributed by atoms with Crippen LogP contribution >= 0.6 is 0 Å². The Bertz CT molecular complexity index is 672. The zero-order chi connectivity index (χ0) is 17.7. The van der Waals surface area contributed by atoms with E-state index >= 15 is 0 Å². The van der Waals surface area contributed by atoms with Crippen molar-refractivity contribution in [3.63, 3.8) is 0 Å². The van der Waals surface area contributed by atoms with Crippen LogP contribution in [-0.4, -0.2) is 24.8 Å². The van der Waals surface area contributed by atoms with Crippen molar-refractivity contribution in [2.75, 3.05) is 13.1 Å². The second-order valence-electron chi connectivity index (χ2n) is 7.04. The molecule has 2 aliphatic rings. The van der Waals surface area contributed by atoms with Gasteiger partial charge in [0.25, 0.3) is 0 Å². The number of hydrogen-bond acceptors (Lipinski definition) is 3. The lowest BCUT2D eigenvalue weighted by Crippen LogP contribution is -2.87.